The number of benzene rings is 1. The summed E-state index contributed by atoms with van der Waals surface area (Å²) < 4.78 is 45.5. The van der Waals surface area contributed by atoms with Crippen LogP contribution in [0.15, 0.2) is 17.0 Å². The number of nitrogens with one attached hydrogen (secondary N) is 1. The minimum atomic E-state index is -3.77. The van der Waals surface area contributed by atoms with Gasteiger partial charge in [-0.25, -0.2) is 17.5 Å². The molecule has 8 heteroatoms. The van der Waals surface area contributed by atoms with Gasteiger partial charge in [-0.3, -0.25) is 0 Å². The van der Waals surface area contributed by atoms with Crippen molar-refractivity contribution in [1.29, 1.82) is 0 Å². The van der Waals surface area contributed by atoms with E-state index in [1.54, 1.807) is 11.8 Å². The minimum Gasteiger partial charge on any atom is -0.492 e. The zero-order chi connectivity index (χ0) is 14.8. The second-order valence-electron chi connectivity index (χ2n) is 4.56. The van der Waals surface area contributed by atoms with Crippen molar-refractivity contribution in [3.05, 3.63) is 17.9 Å². The van der Waals surface area contributed by atoms with Crippen molar-refractivity contribution in [1.82, 2.24) is 4.72 Å². The first-order chi connectivity index (χ1) is 9.44. The summed E-state index contributed by atoms with van der Waals surface area (Å²) in [4.78, 5) is -0.177. The third-order valence-electron chi connectivity index (χ3n) is 3.04. The molecule has 20 heavy (non-hydrogen) atoms. The summed E-state index contributed by atoms with van der Waals surface area (Å²) >= 11 is 1.71. The third-order valence-corrected chi connectivity index (χ3v) is 5.76. The molecule has 0 aromatic heterocycles. The molecule has 1 atom stereocenters. The molecule has 0 aliphatic carbocycles. The van der Waals surface area contributed by atoms with Crippen molar-refractivity contribution in [2.75, 3.05) is 24.3 Å². The molecule has 5 nitrogen and oxygen atoms in total. The molecule has 1 aliphatic heterocycles. The number of sulfonamides is 1. The summed E-state index contributed by atoms with van der Waals surface area (Å²) in [7, 11) is -2.49. The van der Waals surface area contributed by atoms with Gasteiger partial charge < -0.3 is 10.5 Å². The number of thioether (sulfide) groups is 1. The average Bonchev–Trinajstić information content (AvgIpc) is 2.39. The SMILES string of the molecule is COc1c(N)cc(S(=O)(=O)NC2CCCSC2)cc1F. The standard InChI is InChI=1S/C12H17FN2O3S2/c1-18-12-10(13)5-9(6-11(12)14)20(16,17)15-8-3-2-4-19-7-8/h5-6,8,15H,2-4,7,14H2,1H3. The number of rotatable bonds is 4. The normalized spacial score (nSPS) is 19.8. The van der Waals surface area contributed by atoms with Gasteiger partial charge in [0.05, 0.1) is 17.7 Å². The Kier molecular flexibility index (Phi) is 4.77. The quantitative estimate of drug-likeness (QED) is 0.823. The lowest BCUT2D eigenvalue weighted by Crippen LogP contribution is -2.38. The van der Waals surface area contributed by atoms with Gasteiger partial charge in [0.15, 0.2) is 11.6 Å². The molecule has 1 aromatic rings. The van der Waals surface area contributed by atoms with Crippen LogP contribution in [0.4, 0.5) is 10.1 Å². The van der Waals surface area contributed by atoms with Crippen LogP contribution < -0.4 is 15.2 Å². The Balaban J connectivity index is 2.25. The Morgan fingerprint density at radius 2 is 2.25 bits per heavy atom. The second-order valence-corrected chi connectivity index (χ2v) is 7.43. The second kappa shape index (κ2) is 6.19. The number of hydrogen-bond acceptors (Lipinski definition) is 5. The van der Waals surface area contributed by atoms with Crippen LogP contribution in [0.3, 0.4) is 0 Å². The van der Waals surface area contributed by atoms with Gasteiger partial charge in [-0.15, -0.1) is 0 Å². The van der Waals surface area contributed by atoms with Gasteiger partial charge in [0.25, 0.3) is 0 Å². The van der Waals surface area contributed by atoms with Crippen molar-refractivity contribution in [3.63, 3.8) is 0 Å². The van der Waals surface area contributed by atoms with Crippen LogP contribution in [0.2, 0.25) is 0 Å². The summed E-state index contributed by atoms with van der Waals surface area (Å²) in [6, 6.07) is 2.01. The molecular formula is C12H17FN2O3S2. The monoisotopic (exact) mass is 320 g/mol. The largest absolute Gasteiger partial charge is 0.492 e. The molecule has 0 spiro atoms. The van der Waals surface area contributed by atoms with Crippen LogP contribution in [0.1, 0.15) is 12.8 Å². The molecule has 2 rings (SSSR count). The summed E-state index contributed by atoms with van der Waals surface area (Å²) in [5, 5.41) is 0. The predicted octanol–water partition coefficient (Wildman–Crippen LogP) is 1.59. The molecular weight excluding hydrogens is 303 g/mol. The Bertz CT molecular complexity index is 563. The zero-order valence-electron chi connectivity index (χ0n) is 11.1. The molecule has 1 aliphatic rings. The average molecular weight is 320 g/mol. The van der Waals surface area contributed by atoms with E-state index in [1.807, 2.05) is 0 Å². The Morgan fingerprint density at radius 3 is 2.80 bits per heavy atom. The van der Waals surface area contributed by atoms with Gasteiger partial charge in [0.1, 0.15) is 0 Å². The molecule has 1 aromatic carbocycles. The molecule has 1 saturated heterocycles. The number of hydrogen-bond donors (Lipinski definition) is 2. The number of ether oxygens (including phenoxy) is 1. The lowest BCUT2D eigenvalue weighted by atomic mass is 10.2. The number of methoxy groups -OCH3 is 1. The Morgan fingerprint density at radius 1 is 1.50 bits per heavy atom. The first kappa shape index (κ1) is 15.4. The van der Waals surface area contributed by atoms with Gasteiger partial charge in [0, 0.05) is 11.8 Å². The summed E-state index contributed by atoms with van der Waals surface area (Å²) in [5.41, 5.74) is 5.57. The topological polar surface area (TPSA) is 81.4 Å². The van der Waals surface area contributed by atoms with Crippen LogP contribution in [-0.4, -0.2) is 33.1 Å². The maximum absolute atomic E-state index is 13.7. The highest BCUT2D eigenvalue weighted by Gasteiger charge is 2.24. The molecule has 112 valence electrons. The van der Waals surface area contributed by atoms with Crippen molar-refractivity contribution < 1.29 is 17.5 Å². The fourth-order valence-electron chi connectivity index (χ4n) is 2.08. The van der Waals surface area contributed by atoms with Crippen molar-refractivity contribution in [2.45, 2.75) is 23.8 Å². The lowest BCUT2D eigenvalue weighted by Gasteiger charge is -2.22. The van der Waals surface area contributed by atoms with E-state index in [4.69, 9.17) is 10.5 Å². The van der Waals surface area contributed by atoms with E-state index in [2.05, 4.69) is 4.72 Å². The fraction of sp³-hybridized carbons (Fsp3) is 0.500. The maximum Gasteiger partial charge on any atom is 0.241 e. The highest BCUT2D eigenvalue weighted by atomic mass is 32.2. The van der Waals surface area contributed by atoms with E-state index < -0.39 is 15.8 Å². The van der Waals surface area contributed by atoms with Crippen LogP contribution in [0.25, 0.3) is 0 Å². The van der Waals surface area contributed by atoms with E-state index >= 15 is 0 Å². The van der Waals surface area contributed by atoms with E-state index in [0.717, 1.165) is 30.4 Å². The van der Waals surface area contributed by atoms with Crippen LogP contribution in [0.5, 0.6) is 5.75 Å². The van der Waals surface area contributed by atoms with Crippen LogP contribution in [0, 0.1) is 5.82 Å². The van der Waals surface area contributed by atoms with Gasteiger partial charge in [-0.2, -0.15) is 11.8 Å². The summed E-state index contributed by atoms with van der Waals surface area (Å²) in [5.74, 6) is 0.846. The van der Waals surface area contributed by atoms with E-state index in [9.17, 15) is 12.8 Å². The van der Waals surface area contributed by atoms with Gasteiger partial charge in [-0.05, 0) is 30.7 Å². The molecule has 0 radical (unpaired) electrons. The number of halogens is 1. The smallest absolute Gasteiger partial charge is 0.241 e. The maximum atomic E-state index is 13.7. The minimum absolute atomic E-state index is 0.0362. The Hall–Kier alpha value is -0.990. The molecule has 0 amide bonds. The highest BCUT2D eigenvalue weighted by Crippen LogP contribution is 2.29. The van der Waals surface area contributed by atoms with Crippen molar-refractivity contribution in [2.24, 2.45) is 0 Å². The van der Waals surface area contributed by atoms with Gasteiger partial charge in [-0.1, -0.05) is 0 Å². The summed E-state index contributed by atoms with van der Waals surface area (Å²) in [6.45, 7) is 0. The molecule has 1 unspecified atom stereocenters. The lowest BCUT2D eigenvalue weighted by molar-refractivity contribution is 0.388. The zero-order valence-corrected chi connectivity index (χ0v) is 12.7. The van der Waals surface area contributed by atoms with Gasteiger partial charge >= 0.3 is 0 Å². The van der Waals surface area contributed by atoms with Crippen LogP contribution >= 0.6 is 11.8 Å². The number of nitrogen functional groups attached to an aromatic ring is 1. The first-order valence-electron chi connectivity index (χ1n) is 6.17. The molecule has 0 bridgehead atoms. The van der Waals surface area contributed by atoms with Crippen LogP contribution in [-0.2, 0) is 10.0 Å². The third kappa shape index (κ3) is 3.36. The molecule has 0 saturated carbocycles. The van der Waals surface area contributed by atoms with E-state index in [1.165, 1.54) is 13.2 Å². The Labute approximate surface area is 122 Å². The molecule has 1 fully saturated rings. The van der Waals surface area contributed by atoms with E-state index in [0.29, 0.717) is 0 Å². The predicted molar refractivity (Wildman–Crippen MR) is 78.0 cm³/mol. The highest BCUT2D eigenvalue weighted by molar-refractivity contribution is 7.99. The first-order valence-corrected chi connectivity index (χ1v) is 8.81. The number of nitrogens with two attached hydrogens (primary N) is 1. The fourth-order valence-corrected chi connectivity index (χ4v) is 4.57. The molecule has 3 N–H and O–H groups in total. The van der Waals surface area contributed by atoms with E-state index in [-0.39, 0.29) is 22.4 Å². The van der Waals surface area contributed by atoms with Crippen molar-refractivity contribution in [3.8, 4) is 5.75 Å². The van der Waals surface area contributed by atoms with Gasteiger partial charge in [0.2, 0.25) is 10.0 Å². The molecule has 1 heterocycles. The van der Waals surface area contributed by atoms with Crippen molar-refractivity contribution >= 4 is 27.5 Å². The summed E-state index contributed by atoms with van der Waals surface area (Å²) in [6.07, 6.45) is 1.76. The number of anilines is 1.